The fraction of sp³-hybridized carbons (Fsp3) is 0.400. The summed E-state index contributed by atoms with van der Waals surface area (Å²) in [5.41, 5.74) is 2.17. The molecule has 1 heterocycles. The van der Waals surface area contributed by atoms with Crippen LogP contribution in [0, 0.1) is 0 Å². The van der Waals surface area contributed by atoms with E-state index in [1.165, 1.54) is 11.6 Å². The van der Waals surface area contributed by atoms with Gasteiger partial charge >= 0.3 is 5.97 Å². The van der Waals surface area contributed by atoms with Crippen LogP contribution < -0.4 is 0 Å². The van der Waals surface area contributed by atoms with Crippen molar-refractivity contribution in [3.63, 3.8) is 0 Å². The molecule has 1 aromatic rings. The summed E-state index contributed by atoms with van der Waals surface area (Å²) >= 11 is 0. The average molecular weight is 260 g/mol. The molecule has 0 unspecified atom stereocenters. The van der Waals surface area contributed by atoms with Crippen molar-refractivity contribution >= 4 is 12.0 Å². The van der Waals surface area contributed by atoms with E-state index in [0.29, 0.717) is 0 Å². The Morgan fingerprint density at radius 2 is 2.05 bits per heavy atom. The van der Waals surface area contributed by atoms with Crippen LogP contribution in [0.4, 0.5) is 0 Å². The van der Waals surface area contributed by atoms with Gasteiger partial charge in [0.15, 0.2) is 0 Å². The minimum Gasteiger partial charge on any atom is -0.478 e. The average Bonchev–Trinajstić information content (AvgIpc) is 2.40. The van der Waals surface area contributed by atoms with Gasteiger partial charge in [-0.05, 0) is 24.3 Å². The Balaban J connectivity index is 1.97. The Bertz CT molecular complexity index is 463. The predicted octanol–water partition coefficient (Wildman–Crippen LogP) is 1.53. The molecule has 1 saturated heterocycles. The number of benzene rings is 1. The number of hydrogen-bond donors (Lipinski definition) is 1. The molecule has 0 aromatic heterocycles. The molecule has 1 aliphatic rings. The number of aliphatic carboxylic acids is 1. The zero-order valence-electron chi connectivity index (χ0n) is 11.2. The molecule has 4 heteroatoms. The monoisotopic (exact) mass is 260 g/mol. The highest BCUT2D eigenvalue weighted by Crippen LogP contribution is 2.11. The zero-order valence-corrected chi connectivity index (χ0v) is 11.2. The Morgan fingerprint density at radius 1 is 1.32 bits per heavy atom. The second-order valence-corrected chi connectivity index (χ2v) is 5.00. The first kappa shape index (κ1) is 13.8. The summed E-state index contributed by atoms with van der Waals surface area (Å²) in [6.07, 6.45) is 2.81. The largest absolute Gasteiger partial charge is 0.478 e. The van der Waals surface area contributed by atoms with E-state index in [2.05, 4.69) is 29.0 Å². The highest BCUT2D eigenvalue weighted by Gasteiger charge is 2.13. The lowest BCUT2D eigenvalue weighted by atomic mass is 10.1. The maximum Gasteiger partial charge on any atom is 0.328 e. The Labute approximate surface area is 113 Å². The molecule has 0 saturated carbocycles. The third-order valence-corrected chi connectivity index (χ3v) is 3.37. The molecule has 1 aromatic carbocycles. The van der Waals surface area contributed by atoms with Crippen molar-refractivity contribution in [2.24, 2.45) is 0 Å². The highest BCUT2D eigenvalue weighted by molar-refractivity contribution is 5.85. The van der Waals surface area contributed by atoms with Gasteiger partial charge in [-0.3, -0.25) is 4.90 Å². The van der Waals surface area contributed by atoms with Crippen LogP contribution in [0.25, 0.3) is 6.08 Å². The van der Waals surface area contributed by atoms with Crippen molar-refractivity contribution in [2.45, 2.75) is 6.54 Å². The summed E-state index contributed by atoms with van der Waals surface area (Å²) < 4.78 is 0. The standard InChI is InChI=1S/C15H20N2O2/c1-16-7-9-17(10-8-16)12-14-4-2-3-13(11-14)5-6-15(18)19/h2-6,11H,7-10,12H2,1H3,(H,18,19). The van der Waals surface area contributed by atoms with Crippen LogP contribution in [0.5, 0.6) is 0 Å². The molecule has 0 spiro atoms. The first-order valence-electron chi connectivity index (χ1n) is 6.54. The highest BCUT2D eigenvalue weighted by atomic mass is 16.4. The minimum absolute atomic E-state index is 0.913. The van der Waals surface area contributed by atoms with Crippen molar-refractivity contribution in [2.75, 3.05) is 33.2 Å². The summed E-state index contributed by atoms with van der Waals surface area (Å²) in [5, 5.41) is 8.63. The van der Waals surface area contributed by atoms with E-state index in [1.54, 1.807) is 6.08 Å². The van der Waals surface area contributed by atoms with Crippen molar-refractivity contribution < 1.29 is 9.90 Å². The second kappa shape index (κ2) is 6.50. The fourth-order valence-electron chi connectivity index (χ4n) is 2.23. The third-order valence-electron chi connectivity index (χ3n) is 3.37. The number of rotatable bonds is 4. The number of carboxylic acid groups (broad SMARTS) is 1. The van der Waals surface area contributed by atoms with Crippen LogP contribution in [0.1, 0.15) is 11.1 Å². The smallest absolute Gasteiger partial charge is 0.328 e. The van der Waals surface area contributed by atoms with Gasteiger partial charge in [0, 0.05) is 38.8 Å². The minimum atomic E-state index is -0.913. The number of nitrogens with zero attached hydrogens (tertiary/aromatic N) is 2. The van der Waals surface area contributed by atoms with Crippen molar-refractivity contribution in [1.82, 2.24) is 9.80 Å². The molecule has 1 fully saturated rings. The number of piperazine rings is 1. The van der Waals surface area contributed by atoms with E-state index < -0.39 is 5.97 Å². The Morgan fingerprint density at radius 3 is 2.74 bits per heavy atom. The number of likely N-dealkylation sites (N-methyl/N-ethyl adjacent to an activating group) is 1. The molecule has 1 N–H and O–H groups in total. The van der Waals surface area contributed by atoms with Crippen LogP contribution in [0.2, 0.25) is 0 Å². The van der Waals surface area contributed by atoms with Gasteiger partial charge in [0.2, 0.25) is 0 Å². The van der Waals surface area contributed by atoms with Crippen molar-refractivity contribution in [3.8, 4) is 0 Å². The van der Waals surface area contributed by atoms with Gasteiger partial charge in [-0.15, -0.1) is 0 Å². The lowest BCUT2D eigenvalue weighted by Crippen LogP contribution is -2.43. The maximum atomic E-state index is 10.5. The van der Waals surface area contributed by atoms with Gasteiger partial charge in [-0.1, -0.05) is 24.3 Å². The Kier molecular flexibility index (Phi) is 4.71. The maximum absolute atomic E-state index is 10.5. The molecule has 19 heavy (non-hydrogen) atoms. The molecule has 2 rings (SSSR count). The molecule has 0 atom stereocenters. The normalized spacial score (nSPS) is 17.9. The molecule has 0 bridgehead atoms. The van der Waals surface area contributed by atoms with Gasteiger partial charge in [-0.25, -0.2) is 4.79 Å². The molecule has 4 nitrogen and oxygen atoms in total. The van der Waals surface area contributed by atoms with Crippen LogP contribution in [-0.4, -0.2) is 54.1 Å². The SMILES string of the molecule is CN1CCN(Cc2cccc(C=CC(=O)O)c2)CC1. The molecular weight excluding hydrogens is 240 g/mol. The summed E-state index contributed by atoms with van der Waals surface area (Å²) in [5.74, 6) is -0.913. The summed E-state index contributed by atoms with van der Waals surface area (Å²) in [6.45, 7) is 5.33. The van der Waals surface area contributed by atoms with Crippen LogP contribution >= 0.6 is 0 Å². The van der Waals surface area contributed by atoms with Crippen molar-refractivity contribution in [3.05, 3.63) is 41.5 Å². The number of hydrogen-bond acceptors (Lipinski definition) is 3. The van der Waals surface area contributed by atoms with Crippen LogP contribution in [-0.2, 0) is 11.3 Å². The van der Waals surface area contributed by atoms with Gasteiger partial charge < -0.3 is 10.0 Å². The third kappa shape index (κ3) is 4.50. The molecule has 0 amide bonds. The predicted molar refractivity (Wildman–Crippen MR) is 75.9 cm³/mol. The summed E-state index contributed by atoms with van der Waals surface area (Å²) in [4.78, 5) is 15.3. The summed E-state index contributed by atoms with van der Waals surface area (Å²) in [7, 11) is 2.15. The quantitative estimate of drug-likeness (QED) is 0.834. The van der Waals surface area contributed by atoms with Gasteiger partial charge in [0.1, 0.15) is 0 Å². The van der Waals surface area contributed by atoms with E-state index in [9.17, 15) is 4.79 Å². The summed E-state index contributed by atoms with van der Waals surface area (Å²) in [6, 6.07) is 8.05. The van der Waals surface area contributed by atoms with E-state index in [1.807, 2.05) is 12.1 Å². The van der Waals surface area contributed by atoms with Gasteiger partial charge in [-0.2, -0.15) is 0 Å². The molecule has 0 radical (unpaired) electrons. The van der Waals surface area contributed by atoms with Crippen molar-refractivity contribution in [1.29, 1.82) is 0 Å². The fourth-order valence-corrected chi connectivity index (χ4v) is 2.23. The molecular formula is C15H20N2O2. The number of carboxylic acids is 1. The van der Waals surface area contributed by atoms with Gasteiger partial charge in [0.05, 0.1) is 0 Å². The lowest BCUT2D eigenvalue weighted by molar-refractivity contribution is -0.131. The van der Waals surface area contributed by atoms with E-state index in [4.69, 9.17) is 5.11 Å². The second-order valence-electron chi connectivity index (χ2n) is 5.00. The first-order valence-corrected chi connectivity index (χ1v) is 6.54. The van der Waals surface area contributed by atoms with Crippen LogP contribution in [0.15, 0.2) is 30.3 Å². The Hall–Kier alpha value is -1.65. The molecule has 0 aliphatic carbocycles. The first-order chi connectivity index (χ1) is 9.13. The van der Waals surface area contributed by atoms with E-state index in [0.717, 1.165) is 38.3 Å². The van der Waals surface area contributed by atoms with E-state index >= 15 is 0 Å². The molecule has 1 aliphatic heterocycles. The molecule has 102 valence electrons. The topological polar surface area (TPSA) is 43.8 Å². The number of carbonyl (C=O) groups is 1. The van der Waals surface area contributed by atoms with Crippen LogP contribution in [0.3, 0.4) is 0 Å². The van der Waals surface area contributed by atoms with Gasteiger partial charge in [0.25, 0.3) is 0 Å². The van der Waals surface area contributed by atoms with E-state index in [-0.39, 0.29) is 0 Å². The zero-order chi connectivity index (χ0) is 13.7. The lowest BCUT2D eigenvalue weighted by Gasteiger charge is -2.32.